The predicted molar refractivity (Wildman–Crippen MR) is 135 cm³/mol. The molecule has 1 fully saturated rings. The molecule has 1 aliphatic heterocycles. The Balaban J connectivity index is 2.05. The molecule has 0 bridgehead atoms. The first-order valence-corrected chi connectivity index (χ1v) is 12.1. The Labute approximate surface area is 211 Å². The van der Waals surface area contributed by atoms with E-state index in [4.69, 9.17) is 23.7 Å². The molecule has 36 heavy (non-hydrogen) atoms. The van der Waals surface area contributed by atoms with Gasteiger partial charge in [0.25, 0.3) is 0 Å². The number of rotatable bonds is 12. The third-order valence-electron chi connectivity index (χ3n) is 5.86. The predicted octanol–water partition coefficient (Wildman–Crippen LogP) is 4.75. The zero-order valence-electron chi connectivity index (χ0n) is 21.3. The molecule has 2 aromatic rings. The van der Waals surface area contributed by atoms with Crippen LogP contribution in [0.1, 0.15) is 43.7 Å². The lowest BCUT2D eigenvalue weighted by Gasteiger charge is -2.25. The fourth-order valence-electron chi connectivity index (χ4n) is 4.13. The van der Waals surface area contributed by atoms with Crippen molar-refractivity contribution in [3.05, 3.63) is 53.4 Å². The van der Waals surface area contributed by atoms with Crippen LogP contribution in [-0.4, -0.2) is 63.9 Å². The molecule has 0 radical (unpaired) electrons. The van der Waals surface area contributed by atoms with Gasteiger partial charge < -0.3 is 28.8 Å². The van der Waals surface area contributed by atoms with Crippen LogP contribution in [-0.2, 0) is 19.0 Å². The number of cyclic esters (lactones) is 1. The summed E-state index contributed by atoms with van der Waals surface area (Å²) >= 11 is 0. The monoisotopic (exact) mass is 502 g/mol. The van der Waals surface area contributed by atoms with Gasteiger partial charge in [0.05, 0.1) is 39.5 Å². The maximum atomic E-state index is 13.8. The lowest BCUT2D eigenvalue weighted by Crippen LogP contribution is -2.31. The molecular weight excluding hydrogens is 467 g/mol. The van der Waals surface area contributed by atoms with E-state index in [1.165, 1.54) is 12.1 Å². The van der Waals surface area contributed by atoms with E-state index >= 15 is 0 Å². The molecule has 1 N–H and O–H groups in total. The molecule has 3 rings (SSSR count). The summed E-state index contributed by atoms with van der Waals surface area (Å²) < 4.78 is 41.6. The van der Waals surface area contributed by atoms with Crippen LogP contribution in [0.5, 0.6) is 11.5 Å². The van der Waals surface area contributed by atoms with Crippen molar-refractivity contribution in [3.8, 4) is 22.6 Å². The Hall–Kier alpha value is -2.94. The second-order valence-corrected chi connectivity index (χ2v) is 8.88. The molecule has 2 atom stereocenters. The van der Waals surface area contributed by atoms with Crippen LogP contribution in [0.25, 0.3) is 17.2 Å². The molecular formula is C28H35FO7. The number of aliphatic hydroxyl groups excluding tert-OH is 1. The number of aliphatic hydroxyl groups is 1. The number of carbonyl (C=O) groups excluding carboxylic acids is 1. The molecule has 0 aromatic heterocycles. The van der Waals surface area contributed by atoms with Crippen molar-refractivity contribution in [1.82, 2.24) is 0 Å². The van der Waals surface area contributed by atoms with Gasteiger partial charge in [-0.05, 0) is 46.9 Å². The van der Waals surface area contributed by atoms with Crippen LogP contribution in [0.3, 0.4) is 0 Å². The Bertz CT molecular complexity index is 1030. The highest BCUT2D eigenvalue weighted by Gasteiger charge is 2.26. The quantitative estimate of drug-likeness (QED) is 0.331. The zero-order chi connectivity index (χ0) is 26.1. The van der Waals surface area contributed by atoms with E-state index in [0.29, 0.717) is 44.3 Å². The van der Waals surface area contributed by atoms with Gasteiger partial charge in [-0.1, -0.05) is 32.1 Å². The van der Waals surface area contributed by atoms with Crippen LogP contribution < -0.4 is 9.47 Å². The fourth-order valence-corrected chi connectivity index (χ4v) is 4.13. The molecule has 1 heterocycles. The van der Waals surface area contributed by atoms with Gasteiger partial charge >= 0.3 is 5.97 Å². The Morgan fingerprint density at radius 2 is 1.86 bits per heavy atom. The SMILES string of the molecule is COCCOCCOc1cc(C(C)C)c(C=CC2CC(O)CC(=O)O2)c(-c2ccc(F)cc2)c1OC. The van der Waals surface area contributed by atoms with Crippen LogP contribution in [0, 0.1) is 5.82 Å². The molecule has 1 saturated heterocycles. The molecule has 0 aliphatic carbocycles. The number of ether oxygens (including phenoxy) is 5. The summed E-state index contributed by atoms with van der Waals surface area (Å²) in [7, 11) is 3.18. The third kappa shape index (κ3) is 7.29. The van der Waals surface area contributed by atoms with E-state index < -0.39 is 18.2 Å². The highest BCUT2D eigenvalue weighted by atomic mass is 19.1. The minimum atomic E-state index is -0.738. The number of esters is 1. The van der Waals surface area contributed by atoms with Gasteiger partial charge in [-0.2, -0.15) is 0 Å². The largest absolute Gasteiger partial charge is 0.492 e. The molecule has 1 aliphatic rings. The lowest BCUT2D eigenvalue weighted by atomic mass is 9.88. The van der Waals surface area contributed by atoms with E-state index in [0.717, 1.165) is 22.3 Å². The number of methoxy groups -OCH3 is 2. The lowest BCUT2D eigenvalue weighted by molar-refractivity contribution is -0.156. The summed E-state index contributed by atoms with van der Waals surface area (Å²) in [4.78, 5) is 11.8. The summed E-state index contributed by atoms with van der Waals surface area (Å²) in [5, 5.41) is 9.99. The topological polar surface area (TPSA) is 83.5 Å². The summed E-state index contributed by atoms with van der Waals surface area (Å²) in [6.07, 6.45) is 2.69. The van der Waals surface area contributed by atoms with Crippen LogP contribution in [0.2, 0.25) is 0 Å². The molecule has 8 heteroatoms. The molecule has 7 nitrogen and oxygen atoms in total. The van der Waals surface area contributed by atoms with E-state index in [9.17, 15) is 14.3 Å². The fraction of sp³-hybridized carbons (Fsp3) is 0.464. The molecule has 196 valence electrons. The minimum absolute atomic E-state index is 0.00252. The molecule has 2 unspecified atom stereocenters. The van der Waals surface area contributed by atoms with Gasteiger partial charge in [-0.3, -0.25) is 4.79 Å². The standard InChI is InChI=1S/C28H35FO7/c1-18(2)24-17-25(35-14-13-34-12-11-32-3)28(33-4)27(19-5-7-20(29)8-6-19)23(24)10-9-22-15-21(30)16-26(31)36-22/h5-10,17-18,21-22,30H,11-16H2,1-4H3. The third-order valence-corrected chi connectivity index (χ3v) is 5.86. The van der Waals surface area contributed by atoms with E-state index in [-0.39, 0.29) is 18.2 Å². The van der Waals surface area contributed by atoms with Gasteiger partial charge in [-0.15, -0.1) is 0 Å². The van der Waals surface area contributed by atoms with Crippen molar-refractivity contribution >= 4 is 12.0 Å². The number of halogens is 1. The van der Waals surface area contributed by atoms with E-state index in [1.54, 1.807) is 32.4 Å². The summed E-state index contributed by atoms with van der Waals surface area (Å²) in [5.74, 6) is 0.383. The van der Waals surface area contributed by atoms with Gasteiger partial charge in [0.15, 0.2) is 11.5 Å². The number of benzene rings is 2. The highest BCUT2D eigenvalue weighted by molar-refractivity contribution is 5.85. The summed E-state index contributed by atoms with van der Waals surface area (Å²) in [6, 6.07) is 8.11. The highest BCUT2D eigenvalue weighted by Crippen LogP contribution is 2.45. The normalized spacial score (nSPS) is 18.0. The molecule has 0 saturated carbocycles. The Morgan fingerprint density at radius 3 is 2.50 bits per heavy atom. The van der Waals surface area contributed by atoms with Crippen molar-refractivity contribution in [1.29, 1.82) is 0 Å². The number of carbonyl (C=O) groups is 1. The Morgan fingerprint density at radius 1 is 1.14 bits per heavy atom. The second-order valence-electron chi connectivity index (χ2n) is 8.88. The first-order valence-electron chi connectivity index (χ1n) is 12.1. The van der Waals surface area contributed by atoms with Crippen molar-refractivity contribution in [3.63, 3.8) is 0 Å². The van der Waals surface area contributed by atoms with Gasteiger partial charge in [0.2, 0.25) is 0 Å². The Kier molecular flexibility index (Phi) is 10.3. The second kappa shape index (κ2) is 13.4. The number of hydrogen-bond acceptors (Lipinski definition) is 7. The van der Waals surface area contributed by atoms with Crippen molar-refractivity contribution in [2.45, 2.75) is 44.8 Å². The summed E-state index contributed by atoms with van der Waals surface area (Å²) in [6.45, 7) is 5.80. The van der Waals surface area contributed by atoms with E-state index in [1.807, 2.05) is 12.1 Å². The summed E-state index contributed by atoms with van der Waals surface area (Å²) in [5.41, 5.74) is 3.30. The van der Waals surface area contributed by atoms with Gasteiger partial charge in [0, 0.05) is 19.1 Å². The van der Waals surface area contributed by atoms with Crippen molar-refractivity contribution < 1.29 is 38.0 Å². The zero-order valence-corrected chi connectivity index (χ0v) is 21.3. The maximum absolute atomic E-state index is 13.8. The van der Waals surface area contributed by atoms with Crippen LogP contribution in [0.15, 0.2) is 36.4 Å². The average molecular weight is 503 g/mol. The average Bonchev–Trinajstić information content (AvgIpc) is 2.84. The molecule has 2 aromatic carbocycles. The first-order chi connectivity index (χ1) is 17.3. The minimum Gasteiger partial charge on any atom is -0.492 e. The number of hydrogen-bond donors (Lipinski definition) is 1. The van der Waals surface area contributed by atoms with Crippen molar-refractivity contribution in [2.24, 2.45) is 0 Å². The smallest absolute Gasteiger partial charge is 0.309 e. The van der Waals surface area contributed by atoms with Gasteiger partial charge in [-0.25, -0.2) is 4.39 Å². The van der Waals surface area contributed by atoms with Crippen LogP contribution in [0.4, 0.5) is 4.39 Å². The maximum Gasteiger partial charge on any atom is 0.309 e. The first kappa shape index (κ1) is 27.6. The molecule has 0 spiro atoms. The van der Waals surface area contributed by atoms with Gasteiger partial charge in [0.1, 0.15) is 18.5 Å². The molecule has 0 amide bonds. The van der Waals surface area contributed by atoms with Crippen LogP contribution >= 0.6 is 0 Å². The van der Waals surface area contributed by atoms with Crippen molar-refractivity contribution in [2.75, 3.05) is 40.6 Å². The van der Waals surface area contributed by atoms with E-state index in [2.05, 4.69) is 13.8 Å².